The molecule has 73 heavy (non-hydrogen) atoms. The van der Waals surface area contributed by atoms with Gasteiger partial charge in [-0.15, -0.1) is 0 Å². The number of aromatic hydroxyl groups is 2. The number of carbonyl (C=O) groups is 1. The minimum atomic E-state index is -0.218. The maximum atomic E-state index is 10.8. The lowest BCUT2D eigenvalue weighted by Crippen LogP contribution is -2.48. The molecule has 2 fully saturated rings. The van der Waals surface area contributed by atoms with Crippen LogP contribution in [0.1, 0.15) is 11.1 Å². The lowest BCUT2D eigenvalue weighted by Gasteiger charge is -2.36. The summed E-state index contributed by atoms with van der Waals surface area (Å²) in [7, 11) is 6.63. The Kier molecular flexibility index (Phi) is 16.6. The van der Waals surface area contributed by atoms with Crippen LogP contribution in [0.15, 0.2) is 109 Å². The van der Waals surface area contributed by atoms with Crippen LogP contribution in [-0.4, -0.2) is 146 Å². The molecule has 2 aliphatic heterocycles. The third-order valence-corrected chi connectivity index (χ3v) is 14.0. The van der Waals surface area contributed by atoms with Gasteiger partial charge in [-0.2, -0.15) is 0 Å². The van der Waals surface area contributed by atoms with Crippen molar-refractivity contribution in [1.82, 2.24) is 29.6 Å². The minimum absolute atomic E-state index is 0.218. The molecule has 10 rings (SSSR count). The number of carbonyl (C=O) groups excluding carboxylic acids is 1. The second kappa shape index (κ2) is 23.6. The Balaban J connectivity index is 0.000000180. The maximum absolute atomic E-state index is 10.8. The fraction of sp³-hybridized carbons (Fsp3) is 0.304. The average molecular weight is 1030 g/mol. The number of halogens is 2. The number of nitrogens with zero attached hydrogens (tertiary/aromatic N) is 6. The molecule has 2 aliphatic rings. The topological polar surface area (TPSA) is 157 Å². The lowest BCUT2D eigenvalue weighted by molar-refractivity contribution is -0.119. The molecule has 0 bridgehead atoms. The predicted octanol–water partition coefficient (Wildman–Crippen LogP) is 10.1. The Labute approximate surface area is 434 Å². The average Bonchev–Trinajstić information content (AvgIpc) is 3.40. The maximum Gasteiger partial charge on any atom is 0.169 e. The zero-order valence-corrected chi connectivity index (χ0v) is 42.9. The van der Waals surface area contributed by atoms with E-state index in [4.69, 9.17) is 52.1 Å². The summed E-state index contributed by atoms with van der Waals surface area (Å²) < 4.78 is 21.6. The van der Waals surface area contributed by atoms with Crippen LogP contribution in [0, 0.1) is 0 Å². The van der Waals surface area contributed by atoms with Gasteiger partial charge in [0.2, 0.25) is 0 Å². The number of ether oxygens (including phenoxy) is 4. The highest BCUT2D eigenvalue weighted by atomic mass is 35.5. The van der Waals surface area contributed by atoms with E-state index in [1.807, 2.05) is 97.1 Å². The van der Waals surface area contributed by atoms with Gasteiger partial charge in [0.25, 0.3) is 0 Å². The smallest absolute Gasteiger partial charge is 0.169 e. The normalized spacial score (nSPS) is 14.9. The van der Waals surface area contributed by atoms with Crippen molar-refractivity contribution < 1.29 is 34.0 Å². The van der Waals surface area contributed by atoms with Crippen molar-refractivity contribution in [2.75, 3.05) is 105 Å². The van der Waals surface area contributed by atoms with Gasteiger partial charge >= 0.3 is 0 Å². The summed E-state index contributed by atoms with van der Waals surface area (Å²) in [5.74, 6) is 2.05. The van der Waals surface area contributed by atoms with Crippen LogP contribution in [0.4, 0.5) is 22.7 Å². The van der Waals surface area contributed by atoms with Crippen LogP contribution in [0.25, 0.3) is 43.6 Å². The summed E-state index contributed by atoms with van der Waals surface area (Å²) in [5.41, 5.74) is 8.55. The van der Waals surface area contributed by atoms with Crippen molar-refractivity contribution in [3.05, 3.63) is 130 Å². The highest BCUT2D eigenvalue weighted by Crippen LogP contribution is 2.39. The van der Waals surface area contributed by atoms with Crippen molar-refractivity contribution in [2.45, 2.75) is 19.4 Å². The molecule has 0 radical (unpaired) electrons. The van der Waals surface area contributed by atoms with E-state index in [9.17, 15) is 15.0 Å². The Bertz CT molecular complexity index is 3240. The molecule has 8 aromatic rings. The molecule has 0 atom stereocenters. The number of phenolic OH excluding ortho intramolecular Hbond substituents is 2. The Morgan fingerprint density at radius 1 is 0.534 bits per heavy atom. The number of piperazine rings is 2. The Morgan fingerprint density at radius 2 is 0.973 bits per heavy atom. The van der Waals surface area contributed by atoms with Gasteiger partial charge in [-0.3, -0.25) is 19.6 Å². The van der Waals surface area contributed by atoms with Gasteiger partial charge in [0.1, 0.15) is 29.3 Å². The fourth-order valence-electron chi connectivity index (χ4n) is 9.49. The quantitative estimate of drug-likeness (QED) is 0.0314. The van der Waals surface area contributed by atoms with Gasteiger partial charge in [-0.1, -0.05) is 23.2 Å². The second-order valence-electron chi connectivity index (χ2n) is 18.2. The summed E-state index contributed by atoms with van der Waals surface area (Å²) in [5, 5.41) is 33.4. The van der Waals surface area contributed by atoms with Crippen molar-refractivity contribution >= 4 is 95.8 Å². The zero-order chi connectivity index (χ0) is 51.0. The third-order valence-electron chi connectivity index (χ3n) is 13.6. The van der Waals surface area contributed by atoms with Gasteiger partial charge < -0.3 is 44.6 Å². The van der Waals surface area contributed by atoms with E-state index < -0.39 is 0 Å². The van der Waals surface area contributed by atoms with E-state index in [1.165, 1.54) is 0 Å². The molecule has 2 saturated heterocycles. The molecule has 2 aromatic heterocycles. The molecule has 6 aromatic carbocycles. The number of aldehydes is 1. The van der Waals surface area contributed by atoms with Gasteiger partial charge in [0.05, 0.1) is 54.2 Å². The molecule has 0 saturated carbocycles. The molecule has 380 valence electrons. The number of benzene rings is 6. The molecule has 4 heterocycles. The molecule has 15 nitrogen and oxygen atoms in total. The predicted molar refractivity (Wildman–Crippen MR) is 292 cm³/mol. The van der Waals surface area contributed by atoms with E-state index in [2.05, 4.69) is 30.2 Å². The number of nitrogens with one attached hydrogen (secondary N) is 2. The van der Waals surface area contributed by atoms with E-state index >= 15 is 0 Å². The van der Waals surface area contributed by atoms with Gasteiger partial charge in [-0.25, -0.2) is 9.97 Å². The second-order valence-corrected chi connectivity index (χ2v) is 19.1. The third kappa shape index (κ3) is 12.3. The number of hydrogen-bond donors (Lipinski definition) is 4. The van der Waals surface area contributed by atoms with Crippen LogP contribution < -0.4 is 20.1 Å². The van der Waals surface area contributed by atoms with Gasteiger partial charge in [0.15, 0.2) is 6.29 Å². The van der Waals surface area contributed by atoms with Crippen molar-refractivity contribution in [1.29, 1.82) is 0 Å². The highest BCUT2D eigenvalue weighted by Gasteiger charge is 2.22. The zero-order valence-electron chi connectivity index (χ0n) is 41.4. The molecule has 0 amide bonds. The standard InChI is InChI=1S/C29H33ClN4O4.C27H27ClN4O3/c1-36-22-6-8-25-24(16-22)29(23-7-4-20(30)15-26(23)32-25)31-21-5-9-27(35)19(14-21)17-33-10-12-34(13-11-33)18-28(37-2)38-3;1-35-21-4-6-24-23(16-21)27(22-5-2-19(28)15-25(22)30-24)29-20-3-7-26(34)18(14-20)17-32-10-8-31(9-11-32)12-13-33/h4-9,14-16,28,35H,10-13,17-18H2,1-3H3,(H,31,32);2-7,13-16,34H,8-12,17H2,1H3,(H,29,30). The summed E-state index contributed by atoms with van der Waals surface area (Å²) in [6.07, 6.45) is 0.733. The summed E-state index contributed by atoms with van der Waals surface area (Å²) >= 11 is 12.5. The van der Waals surface area contributed by atoms with Crippen LogP contribution in [0.2, 0.25) is 10.0 Å². The van der Waals surface area contributed by atoms with Crippen LogP contribution in [0.5, 0.6) is 23.0 Å². The molecule has 4 N–H and O–H groups in total. The Morgan fingerprint density at radius 3 is 1.40 bits per heavy atom. The van der Waals surface area contributed by atoms with Crippen molar-refractivity contribution in [3.63, 3.8) is 0 Å². The van der Waals surface area contributed by atoms with E-state index in [-0.39, 0.29) is 17.8 Å². The number of anilines is 4. The summed E-state index contributed by atoms with van der Waals surface area (Å²) in [6.45, 7) is 9.55. The monoisotopic (exact) mass is 1030 g/mol. The summed E-state index contributed by atoms with van der Waals surface area (Å²) in [4.78, 5) is 29.5. The van der Waals surface area contributed by atoms with Crippen molar-refractivity contribution in [2.24, 2.45) is 0 Å². The minimum Gasteiger partial charge on any atom is -0.508 e. The van der Waals surface area contributed by atoms with Crippen LogP contribution in [0.3, 0.4) is 0 Å². The first-order valence-corrected chi connectivity index (χ1v) is 25.0. The van der Waals surface area contributed by atoms with E-state index in [0.29, 0.717) is 29.7 Å². The first-order chi connectivity index (χ1) is 35.5. The number of aromatic nitrogens is 2. The number of phenols is 2. The number of rotatable bonds is 16. The van der Waals surface area contributed by atoms with Gasteiger partial charge in [-0.05, 0) is 109 Å². The number of methoxy groups -OCH3 is 4. The molecular formula is C56H60Cl2N8O7. The summed E-state index contributed by atoms with van der Waals surface area (Å²) in [6, 6.07) is 34.3. The largest absolute Gasteiger partial charge is 0.508 e. The van der Waals surface area contributed by atoms with Crippen LogP contribution >= 0.6 is 23.2 Å². The lowest BCUT2D eigenvalue weighted by atomic mass is 10.1. The molecule has 0 aliphatic carbocycles. The van der Waals surface area contributed by atoms with E-state index in [1.54, 1.807) is 40.6 Å². The molecule has 0 spiro atoms. The number of pyridine rings is 2. The number of hydrogen-bond acceptors (Lipinski definition) is 15. The van der Waals surface area contributed by atoms with Crippen LogP contribution in [-0.2, 0) is 27.4 Å². The van der Waals surface area contributed by atoms with Gasteiger partial charge in [0, 0.05) is 140 Å². The first kappa shape index (κ1) is 51.4. The molecular weight excluding hydrogens is 968 g/mol. The Hall–Kier alpha value is -6.53. The van der Waals surface area contributed by atoms with E-state index in [0.717, 1.165) is 154 Å². The first-order valence-electron chi connectivity index (χ1n) is 24.2. The molecule has 0 unspecified atom stereocenters. The molecule has 17 heteroatoms. The fourth-order valence-corrected chi connectivity index (χ4v) is 9.82. The highest BCUT2D eigenvalue weighted by molar-refractivity contribution is 6.32. The SMILES string of the molecule is COc1ccc2nc3cc(Cl)ccc3c(Nc3ccc(O)c(CN4CCN(CC(OC)OC)CC4)c3)c2c1.COc1ccc2nc3cc(Cl)ccc3c(Nc3ccc(O)c(CN4CCN(CC=O)CC4)c3)c2c1. The number of fused-ring (bicyclic) bond motifs is 4. The van der Waals surface area contributed by atoms with Crippen molar-refractivity contribution in [3.8, 4) is 23.0 Å².